The van der Waals surface area contributed by atoms with Crippen molar-refractivity contribution in [2.75, 3.05) is 20.2 Å². The zero-order valence-electron chi connectivity index (χ0n) is 14.7. The summed E-state index contributed by atoms with van der Waals surface area (Å²) in [6.45, 7) is 2.46. The molecule has 0 spiro atoms. The van der Waals surface area contributed by atoms with Gasteiger partial charge in [0.25, 0.3) is 0 Å². The first kappa shape index (κ1) is 16.1. The van der Waals surface area contributed by atoms with Gasteiger partial charge in [-0.25, -0.2) is 0 Å². The third kappa shape index (κ3) is 3.51. The Kier molecular flexibility index (Phi) is 4.62. The van der Waals surface area contributed by atoms with Gasteiger partial charge in [0.2, 0.25) is 0 Å². The summed E-state index contributed by atoms with van der Waals surface area (Å²) < 4.78 is 5.29. The van der Waals surface area contributed by atoms with Gasteiger partial charge in [-0.3, -0.25) is 9.69 Å². The summed E-state index contributed by atoms with van der Waals surface area (Å²) in [5, 5.41) is 0. The van der Waals surface area contributed by atoms with Gasteiger partial charge in [0.15, 0.2) is 0 Å². The first-order chi connectivity index (χ1) is 11.7. The van der Waals surface area contributed by atoms with Crippen LogP contribution in [0.1, 0.15) is 44.1 Å². The summed E-state index contributed by atoms with van der Waals surface area (Å²) in [6, 6.07) is 9.19. The molecular weight excluding hydrogens is 298 g/mol. The van der Waals surface area contributed by atoms with Crippen molar-refractivity contribution in [3.63, 3.8) is 0 Å². The minimum atomic E-state index is 0.495. The van der Waals surface area contributed by atoms with E-state index in [0.717, 1.165) is 37.4 Å². The smallest absolute Gasteiger partial charge is 0.133 e. The Labute approximate surface area is 145 Å². The molecule has 2 aliphatic carbocycles. The predicted molar refractivity (Wildman–Crippen MR) is 95.2 cm³/mol. The van der Waals surface area contributed by atoms with Crippen LogP contribution in [0.2, 0.25) is 0 Å². The van der Waals surface area contributed by atoms with Crippen LogP contribution in [0, 0.1) is 17.8 Å². The van der Waals surface area contributed by atoms with Crippen LogP contribution < -0.4 is 4.74 Å². The lowest BCUT2D eigenvalue weighted by Gasteiger charge is -2.48. The Bertz CT molecular complexity index is 578. The van der Waals surface area contributed by atoms with Gasteiger partial charge in [-0.2, -0.15) is 0 Å². The highest BCUT2D eigenvalue weighted by Gasteiger charge is 2.42. The third-order valence-corrected chi connectivity index (χ3v) is 6.40. The van der Waals surface area contributed by atoms with E-state index in [1.807, 2.05) is 0 Å². The molecule has 3 nitrogen and oxygen atoms in total. The van der Waals surface area contributed by atoms with E-state index in [-0.39, 0.29) is 0 Å². The zero-order valence-corrected chi connectivity index (χ0v) is 14.7. The number of hydrogen-bond donors (Lipinski definition) is 0. The van der Waals surface area contributed by atoms with E-state index in [4.69, 9.17) is 4.74 Å². The molecule has 3 unspecified atom stereocenters. The van der Waals surface area contributed by atoms with E-state index < -0.39 is 0 Å². The van der Waals surface area contributed by atoms with Gasteiger partial charge in [0.1, 0.15) is 11.5 Å². The normalized spacial score (nSPS) is 30.9. The van der Waals surface area contributed by atoms with Gasteiger partial charge in [0, 0.05) is 25.4 Å². The van der Waals surface area contributed by atoms with Crippen LogP contribution in [0.5, 0.6) is 5.75 Å². The summed E-state index contributed by atoms with van der Waals surface area (Å²) in [7, 11) is 1.72. The highest BCUT2D eigenvalue weighted by atomic mass is 16.5. The summed E-state index contributed by atoms with van der Waals surface area (Å²) in [5.41, 5.74) is 1.40. The van der Waals surface area contributed by atoms with E-state index in [1.54, 1.807) is 7.11 Å². The molecule has 1 aromatic rings. The van der Waals surface area contributed by atoms with Gasteiger partial charge in [-0.1, -0.05) is 12.1 Å². The molecule has 3 atom stereocenters. The lowest BCUT2D eigenvalue weighted by atomic mass is 9.69. The number of carbonyl (C=O) groups excluding carboxylic acids is 1. The number of carbonyl (C=O) groups is 1. The Hall–Kier alpha value is -1.35. The van der Waals surface area contributed by atoms with Crippen LogP contribution in [0.4, 0.5) is 0 Å². The van der Waals surface area contributed by atoms with Crippen LogP contribution >= 0.6 is 0 Å². The van der Waals surface area contributed by atoms with Gasteiger partial charge < -0.3 is 4.74 Å². The highest BCUT2D eigenvalue weighted by molar-refractivity contribution is 5.79. The maximum atomic E-state index is 11.9. The maximum Gasteiger partial charge on any atom is 0.133 e. The molecule has 0 amide bonds. The number of Topliss-reactive ketones (excluding diaryl/α,β-unsaturated/α-hetero) is 1. The molecule has 3 aliphatic rings. The number of hydrogen-bond acceptors (Lipinski definition) is 3. The van der Waals surface area contributed by atoms with Gasteiger partial charge in [0.05, 0.1) is 7.11 Å². The molecule has 0 radical (unpaired) electrons. The molecule has 2 saturated carbocycles. The predicted octanol–water partition coefficient (Wildman–Crippen LogP) is 3.71. The third-order valence-electron chi connectivity index (χ3n) is 6.40. The number of nitrogens with zero attached hydrogens (tertiary/aromatic N) is 1. The molecule has 0 aromatic heterocycles. The summed E-state index contributed by atoms with van der Waals surface area (Å²) in [4.78, 5) is 14.7. The van der Waals surface area contributed by atoms with Crippen LogP contribution in [-0.2, 0) is 11.2 Å². The molecule has 1 aliphatic heterocycles. The van der Waals surface area contributed by atoms with E-state index in [0.29, 0.717) is 23.7 Å². The van der Waals surface area contributed by atoms with Gasteiger partial charge in [-0.05, 0) is 74.1 Å². The Balaban J connectivity index is 1.52. The van der Waals surface area contributed by atoms with Crippen molar-refractivity contribution in [3.05, 3.63) is 29.8 Å². The molecule has 1 aromatic carbocycles. The second-order valence-electron chi connectivity index (χ2n) is 8.05. The molecule has 3 fully saturated rings. The molecule has 0 N–H and O–H groups in total. The average Bonchev–Trinajstić information content (AvgIpc) is 3.41. The molecule has 4 rings (SSSR count). The first-order valence-corrected chi connectivity index (χ1v) is 9.61. The second kappa shape index (κ2) is 6.87. The van der Waals surface area contributed by atoms with E-state index >= 15 is 0 Å². The van der Waals surface area contributed by atoms with Crippen molar-refractivity contribution in [1.29, 1.82) is 0 Å². The van der Waals surface area contributed by atoms with Crippen LogP contribution in [0.25, 0.3) is 0 Å². The molecule has 0 bridgehead atoms. The van der Waals surface area contributed by atoms with Crippen molar-refractivity contribution in [2.24, 2.45) is 17.8 Å². The van der Waals surface area contributed by atoms with Crippen LogP contribution in [0.3, 0.4) is 0 Å². The topological polar surface area (TPSA) is 29.5 Å². The minimum absolute atomic E-state index is 0.495. The molecular formula is C21H29NO2. The number of benzene rings is 1. The molecule has 3 heteroatoms. The van der Waals surface area contributed by atoms with Crippen molar-refractivity contribution < 1.29 is 9.53 Å². The fourth-order valence-corrected chi connectivity index (χ4v) is 4.84. The van der Waals surface area contributed by atoms with Crippen molar-refractivity contribution in [3.8, 4) is 5.75 Å². The minimum Gasteiger partial charge on any atom is -0.497 e. The first-order valence-electron chi connectivity index (χ1n) is 9.61. The molecule has 1 saturated heterocycles. The molecule has 24 heavy (non-hydrogen) atoms. The van der Waals surface area contributed by atoms with Crippen LogP contribution in [0.15, 0.2) is 24.3 Å². The summed E-state index contributed by atoms with van der Waals surface area (Å²) >= 11 is 0. The van der Waals surface area contributed by atoms with Crippen molar-refractivity contribution >= 4 is 5.78 Å². The highest BCUT2D eigenvalue weighted by Crippen LogP contribution is 2.41. The number of likely N-dealkylation sites (tertiary alicyclic amines) is 1. The SMILES string of the molecule is COc1ccc(CC2C3CCC(=O)CC3CCN2CC2CC2)cc1. The Morgan fingerprint density at radius 3 is 2.62 bits per heavy atom. The zero-order chi connectivity index (χ0) is 16.5. The molecule has 130 valence electrons. The second-order valence-corrected chi connectivity index (χ2v) is 8.05. The number of ketones is 1. The lowest BCUT2D eigenvalue weighted by Crippen LogP contribution is -2.52. The standard InChI is InChI=1S/C21H29NO2/c1-24-19-7-4-15(5-8-19)12-21-20-9-6-18(23)13-17(20)10-11-22(21)14-16-2-3-16/h4-5,7-8,16-17,20-21H,2-3,6,9-14H2,1H3. The summed E-state index contributed by atoms with van der Waals surface area (Å²) in [6.07, 6.45) is 7.91. The fraction of sp³-hybridized carbons (Fsp3) is 0.667. The summed E-state index contributed by atoms with van der Waals surface area (Å²) in [5.74, 6) is 3.70. The quantitative estimate of drug-likeness (QED) is 0.826. The van der Waals surface area contributed by atoms with E-state index in [1.165, 1.54) is 37.9 Å². The maximum absolute atomic E-state index is 11.9. The Morgan fingerprint density at radius 2 is 1.92 bits per heavy atom. The van der Waals surface area contributed by atoms with E-state index in [9.17, 15) is 4.79 Å². The number of fused-ring (bicyclic) bond motifs is 1. The number of piperidine rings is 1. The largest absolute Gasteiger partial charge is 0.497 e. The number of methoxy groups -OCH3 is 1. The average molecular weight is 327 g/mol. The van der Waals surface area contributed by atoms with Gasteiger partial charge in [-0.15, -0.1) is 0 Å². The number of ether oxygens (including phenoxy) is 1. The Morgan fingerprint density at radius 1 is 1.12 bits per heavy atom. The number of rotatable bonds is 5. The van der Waals surface area contributed by atoms with E-state index in [2.05, 4.69) is 29.2 Å². The van der Waals surface area contributed by atoms with Crippen molar-refractivity contribution in [2.45, 2.75) is 51.0 Å². The monoisotopic (exact) mass is 327 g/mol. The van der Waals surface area contributed by atoms with Crippen LogP contribution in [-0.4, -0.2) is 36.9 Å². The van der Waals surface area contributed by atoms with Crippen molar-refractivity contribution in [1.82, 2.24) is 4.90 Å². The van der Waals surface area contributed by atoms with Gasteiger partial charge >= 0.3 is 0 Å². The molecule has 1 heterocycles. The fourth-order valence-electron chi connectivity index (χ4n) is 4.84. The lowest BCUT2D eigenvalue weighted by molar-refractivity contribution is -0.125.